The van der Waals surface area contributed by atoms with Gasteiger partial charge in [0.2, 0.25) is 0 Å². The average molecular weight is 239 g/mol. The van der Waals surface area contributed by atoms with Gasteiger partial charge in [-0.15, -0.1) is 11.6 Å². The van der Waals surface area contributed by atoms with Gasteiger partial charge in [-0.1, -0.05) is 19.9 Å². The maximum Gasteiger partial charge on any atom is 0.120 e. The smallest absolute Gasteiger partial charge is 0.120 e. The van der Waals surface area contributed by atoms with E-state index in [9.17, 15) is 0 Å². The molecule has 2 unspecified atom stereocenters. The molecule has 1 aromatic rings. The Kier molecular flexibility index (Phi) is 2.91. The normalized spacial score (nSPS) is 27.3. The van der Waals surface area contributed by atoms with E-state index < -0.39 is 0 Å². The van der Waals surface area contributed by atoms with E-state index in [1.807, 2.05) is 6.07 Å². The molecule has 0 spiro atoms. The van der Waals surface area contributed by atoms with E-state index in [-0.39, 0.29) is 16.9 Å². The number of alkyl halides is 1. The molecular weight excluding hydrogens is 220 g/mol. The molecule has 2 atom stereocenters. The van der Waals surface area contributed by atoms with Crippen LogP contribution < -0.4 is 4.74 Å². The number of hydrogen-bond donors (Lipinski definition) is 0. The predicted octanol–water partition coefficient (Wildman–Crippen LogP) is 4.09. The van der Waals surface area contributed by atoms with Gasteiger partial charge in [-0.3, -0.25) is 0 Å². The molecule has 1 aliphatic carbocycles. The Hall–Kier alpha value is -0.690. The molecule has 1 aromatic carbocycles. The van der Waals surface area contributed by atoms with Gasteiger partial charge in [-0.2, -0.15) is 0 Å². The Morgan fingerprint density at radius 1 is 1.25 bits per heavy atom. The monoisotopic (exact) mass is 238 g/mol. The lowest BCUT2D eigenvalue weighted by atomic mass is 9.68. The first-order valence-corrected chi connectivity index (χ1v) is 6.23. The van der Waals surface area contributed by atoms with Gasteiger partial charge in [0.1, 0.15) is 11.9 Å². The third-order valence-electron chi connectivity index (χ3n) is 3.81. The molecule has 0 amide bonds. The van der Waals surface area contributed by atoms with E-state index in [1.165, 1.54) is 11.1 Å². The zero-order valence-electron chi connectivity index (χ0n) is 10.4. The fraction of sp³-hybridized carbons (Fsp3) is 0.571. The van der Waals surface area contributed by atoms with Crippen molar-refractivity contribution in [1.29, 1.82) is 0 Å². The highest BCUT2D eigenvalue weighted by Gasteiger charge is 2.49. The standard InChI is InChI=1S/C14H19ClO/c1-9-5-6-11(7-10(9)2)16-13-8-12(15)14(13,3)4/h5-7,12-13H,8H2,1-4H3. The molecule has 2 rings (SSSR count). The molecule has 0 aromatic heterocycles. The Morgan fingerprint density at radius 3 is 2.44 bits per heavy atom. The van der Waals surface area contributed by atoms with Gasteiger partial charge in [0.15, 0.2) is 0 Å². The lowest BCUT2D eigenvalue weighted by Crippen LogP contribution is -2.53. The van der Waals surface area contributed by atoms with Gasteiger partial charge in [-0.05, 0) is 37.1 Å². The Labute approximate surface area is 103 Å². The third kappa shape index (κ3) is 1.93. The second-order valence-corrected chi connectivity index (χ2v) is 5.90. The van der Waals surface area contributed by atoms with Gasteiger partial charge in [0, 0.05) is 17.2 Å². The second-order valence-electron chi connectivity index (χ2n) is 5.38. The summed E-state index contributed by atoms with van der Waals surface area (Å²) in [6.07, 6.45) is 1.19. The van der Waals surface area contributed by atoms with Crippen LogP contribution in [-0.4, -0.2) is 11.5 Å². The van der Waals surface area contributed by atoms with Crippen molar-refractivity contribution in [2.24, 2.45) is 5.41 Å². The van der Waals surface area contributed by atoms with Crippen molar-refractivity contribution < 1.29 is 4.74 Å². The maximum absolute atomic E-state index is 6.18. The lowest BCUT2D eigenvalue weighted by Gasteiger charge is -2.48. The highest BCUT2D eigenvalue weighted by molar-refractivity contribution is 6.21. The summed E-state index contributed by atoms with van der Waals surface area (Å²) in [6.45, 7) is 8.55. The molecule has 0 radical (unpaired) electrons. The zero-order chi connectivity index (χ0) is 11.9. The van der Waals surface area contributed by atoms with Crippen molar-refractivity contribution >= 4 is 11.6 Å². The molecule has 1 fully saturated rings. The van der Waals surface area contributed by atoms with Crippen LogP contribution in [0.4, 0.5) is 0 Å². The second kappa shape index (κ2) is 3.96. The first-order chi connectivity index (χ1) is 7.41. The van der Waals surface area contributed by atoms with E-state index in [0.717, 1.165) is 12.2 Å². The quantitative estimate of drug-likeness (QED) is 0.706. The first kappa shape index (κ1) is 11.8. The highest BCUT2D eigenvalue weighted by Crippen LogP contribution is 2.46. The third-order valence-corrected chi connectivity index (χ3v) is 4.56. The van der Waals surface area contributed by atoms with Crippen LogP contribution in [0.5, 0.6) is 5.75 Å². The van der Waals surface area contributed by atoms with Crippen LogP contribution >= 0.6 is 11.6 Å². The number of ether oxygens (including phenoxy) is 1. The van der Waals surface area contributed by atoms with Crippen molar-refractivity contribution in [1.82, 2.24) is 0 Å². The van der Waals surface area contributed by atoms with E-state index in [2.05, 4.69) is 39.8 Å². The van der Waals surface area contributed by atoms with E-state index in [1.54, 1.807) is 0 Å². The van der Waals surface area contributed by atoms with E-state index >= 15 is 0 Å². The molecule has 0 heterocycles. The minimum atomic E-state index is 0.0837. The number of halogens is 1. The molecular formula is C14H19ClO. The van der Waals surface area contributed by atoms with Crippen LogP contribution in [0.15, 0.2) is 18.2 Å². The van der Waals surface area contributed by atoms with Crippen molar-refractivity contribution in [2.75, 3.05) is 0 Å². The molecule has 1 saturated carbocycles. The molecule has 0 N–H and O–H groups in total. The van der Waals surface area contributed by atoms with E-state index in [4.69, 9.17) is 16.3 Å². The van der Waals surface area contributed by atoms with Crippen molar-refractivity contribution in [2.45, 2.75) is 45.6 Å². The van der Waals surface area contributed by atoms with Crippen LogP contribution in [0.25, 0.3) is 0 Å². The Balaban J connectivity index is 2.08. The Morgan fingerprint density at radius 2 is 1.94 bits per heavy atom. The number of aryl methyl sites for hydroxylation is 2. The van der Waals surface area contributed by atoms with Crippen LogP contribution in [0.1, 0.15) is 31.4 Å². The molecule has 1 nitrogen and oxygen atoms in total. The number of benzene rings is 1. The van der Waals surface area contributed by atoms with Crippen molar-refractivity contribution in [3.05, 3.63) is 29.3 Å². The molecule has 2 heteroatoms. The maximum atomic E-state index is 6.18. The average Bonchev–Trinajstić information content (AvgIpc) is 2.23. The summed E-state index contributed by atoms with van der Waals surface area (Å²) in [7, 11) is 0. The minimum absolute atomic E-state index is 0.0837. The van der Waals surface area contributed by atoms with Gasteiger partial charge < -0.3 is 4.74 Å². The summed E-state index contributed by atoms with van der Waals surface area (Å²) in [6, 6.07) is 6.25. The predicted molar refractivity (Wildman–Crippen MR) is 68.4 cm³/mol. The molecule has 1 aliphatic rings. The van der Waals surface area contributed by atoms with Crippen molar-refractivity contribution in [3.8, 4) is 5.75 Å². The van der Waals surface area contributed by atoms with Gasteiger partial charge in [0.05, 0.1) is 0 Å². The zero-order valence-corrected chi connectivity index (χ0v) is 11.1. The molecule has 0 bridgehead atoms. The summed E-state index contributed by atoms with van der Waals surface area (Å²) in [5.41, 5.74) is 2.66. The summed E-state index contributed by atoms with van der Waals surface area (Å²) >= 11 is 6.18. The van der Waals surface area contributed by atoms with Crippen LogP contribution in [0.3, 0.4) is 0 Å². The van der Waals surface area contributed by atoms with Gasteiger partial charge >= 0.3 is 0 Å². The van der Waals surface area contributed by atoms with Crippen molar-refractivity contribution in [3.63, 3.8) is 0 Å². The van der Waals surface area contributed by atoms with Crippen LogP contribution in [0, 0.1) is 19.3 Å². The first-order valence-electron chi connectivity index (χ1n) is 5.79. The number of hydrogen-bond acceptors (Lipinski definition) is 1. The van der Waals surface area contributed by atoms with Crippen LogP contribution in [0.2, 0.25) is 0 Å². The SMILES string of the molecule is Cc1ccc(OC2CC(Cl)C2(C)C)cc1C. The summed E-state index contributed by atoms with van der Waals surface area (Å²) in [5, 5.41) is 0.240. The summed E-state index contributed by atoms with van der Waals surface area (Å²) in [4.78, 5) is 0. The number of rotatable bonds is 2. The minimum Gasteiger partial charge on any atom is -0.490 e. The highest BCUT2D eigenvalue weighted by atomic mass is 35.5. The topological polar surface area (TPSA) is 9.23 Å². The summed E-state index contributed by atoms with van der Waals surface area (Å²) in [5.74, 6) is 0.963. The molecule has 16 heavy (non-hydrogen) atoms. The largest absolute Gasteiger partial charge is 0.490 e. The van der Waals surface area contributed by atoms with E-state index in [0.29, 0.717) is 0 Å². The van der Waals surface area contributed by atoms with Crippen LogP contribution in [-0.2, 0) is 0 Å². The summed E-state index contributed by atoms with van der Waals surface area (Å²) < 4.78 is 5.99. The van der Waals surface area contributed by atoms with Gasteiger partial charge in [0.25, 0.3) is 0 Å². The molecule has 0 saturated heterocycles. The molecule has 0 aliphatic heterocycles. The lowest BCUT2D eigenvalue weighted by molar-refractivity contribution is -0.0130. The fourth-order valence-corrected chi connectivity index (χ4v) is 2.29. The fourth-order valence-electron chi connectivity index (χ4n) is 1.99. The van der Waals surface area contributed by atoms with Gasteiger partial charge in [-0.25, -0.2) is 0 Å². The molecule has 88 valence electrons. The Bertz CT molecular complexity index is 398.